The third-order valence-electron chi connectivity index (χ3n) is 2.62. The fourth-order valence-corrected chi connectivity index (χ4v) is 2.89. The number of rotatable bonds is 5. The summed E-state index contributed by atoms with van der Waals surface area (Å²) in [6, 6.07) is 8.36. The van der Waals surface area contributed by atoms with E-state index >= 15 is 0 Å². The summed E-state index contributed by atoms with van der Waals surface area (Å²) < 4.78 is 0. The van der Waals surface area contributed by atoms with E-state index in [4.69, 9.17) is 10.8 Å². The second-order valence-corrected chi connectivity index (χ2v) is 6.77. The van der Waals surface area contributed by atoms with Crippen LogP contribution in [0.3, 0.4) is 0 Å². The Balaban J connectivity index is 2.44. The highest BCUT2D eigenvalue weighted by Gasteiger charge is 2.03. The van der Waals surface area contributed by atoms with Gasteiger partial charge < -0.3 is 9.80 Å². The van der Waals surface area contributed by atoms with Crippen molar-refractivity contribution >= 4 is 34.5 Å². The topological polar surface area (TPSA) is 54.2 Å². The third kappa shape index (κ3) is 5.88. The van der Waals surface area contributed by atoms with Crippen molar-refractivity contribution in [3.8, 4) is 0 Å². The molecule has 2 N–H and O–H groups in total. The largest absolute Gasteiger partial charge is 0.366 e. The predicted molar refractivity (Wildman–Crippen MR) is 91.3 cm³/mol. The lowest BCUT2D eigenvalue weighted by atomic mass is 10.2. The van der Waals surface area contributed by atoms with Crippen LogP contribution in [0.4, 0.5) is 0 Å². The molecule has 0 radical (unpaired) electrons. The fraction of sp³-hybridized carbons (Fsp3) is 0.429. The van der Waals surface area contributed by atoms with Gasteiger partial charge in [-0.1, -0.05) is 23.9 Å². The van der Waals surface area contributed by atoms with Crippen LogP contribution in [0.1, 0.15) is 5.56 Å². The second kappa shape index (κ2) is 8.21. The van der Waals surface area contributed by atoms with Gasteiger partial charge in [-0.2, -0.15) is 0 Å². The molecule has 110 valence electrons. The first-order chi connectivity index (χ1) is 9.40. The molecular weight excluding hydrogens is 288 g/mol. The van der Waals surface area contributed by atoms with Crippen molar-refractivity contribution in [1.29, 1.82) is 10.8 Å². The number of hydrogen-bond donors (Lipinski definition) is 2. The smallest absolute Gasteiger partial charge is 0.156 e. The molecule has 0 bridgehead atoms. The number of benzene rings is 1. The zero-order valence-electron chi connectivity index (χ0n) is 12.4. The molecule has 0 fully saturated rings. The normalized spacial score (nSPS) is 10.2. The van der Waals surface area contributed by atoms with Gasteiger partial charge in [0.15, 0.2) is 5.17 Å². The van der Waals surface area contributed by atoms with Crippen molar-refractivity contribution < 1.29 is 0 Å². The van der Waals surface area contributed by atoms with Crippen LogP contribution in [0.2, 0.25) is 0 Å². The van der Waals surface area contributed by atoms with Gasteiger partial charge in [0.1, 0.15) is 5.84 Å². The first-order valence-corrected chi connectivity index (χ1v) is 8.22. The van der Waals surface area contributed by atoms with Gasteiger partial charge in [0.05, 0.1) is 5.75 Å². The molecule has 0 aliphatic heterocycles. The highest BCUT2D eigenvalue weighted by Crippen LogP contribution is 2.21. The molecule has 0 heterocycles. The molecule has 0 aliphatic carbocycles. The number of hydrogen-bond acceptors (Lipinski definition) is 4. The zero-order chi connectivity index (χ0) is 15.1. The van der Waals surface area contributed by atoms with E-state index in [9.17, 15) is 0 Å². The maximum absolute atomic E-state index is 7.76. The Bertz CT molecular complexity index is 412. The van der Waals surface area contributed by atoms with E-state index in [1.807, 2.05) is 38.0 Å². The van der Waals surface area contributed by atoms with E-state index in [1.54, 1.807) is 11.8 Å². The van der Waals surface area contributed by atoms with Crippen LogP contribution in [-0.4, -0.2) is 54.7 Å². The van der Waals surface area contributed by atoms with Gasteiger partial charge in [-0.3, -0.25) is 10.8 Å². The molecule has 20 heavy (non-hydrogen) atoms. The predicted octanol–water partition coefficient (Wildman–Crippen LogP) is 3.05. The lowest BCUT2D eigenvalue weighted by Gasteiger charge is -2.13. The van der Waals surface area contributed by atoms with Gasteiger partial charge in [0.2, 0.25) is 0 Å². The van der Waals surface area contributed by atoms with Crippen molar-refractivity contribution in [3.63, 3.8) is 0 Å². The minimum absolute atomic E-state index is 0.572. The molecule has 6 heteroatoms. The summed E-state index contributed by atoms with van der Waals surface area (Å²) in [7, 11) is 7.55. The number of thioether (sulfide) groups is 2. The highest BCUT2D eigenvalue weighted by atomic mass is 32.2. The third-order valence-corrected chi connectivity index (χ3v) is 4.76. The summed E-state index contributed by atoms with van der Waals surface area (Å²) in [4.78, 5) is 4.81. The molecule has 0 saturated heterocycles. The molecule has 0 aliphatic rings. The molecule has 0 amide bonds. The average molecular weight is 310 g/mol. The van der Waals surface area contributed by atoms with Crippen LogP contribution in [0.25, 0.3) is 0 Å². The summed E-state index contributed by atoms with van der Waals surface area (Å²) in [5, 5.41) is 16.1. The Labute approximate surface area is 129 Å². The van der Waals surface area contributed by atoms with Crippen LogP contribution in [0, 0.1) is 10.8 Å². The van der Waals surface area contributed by atoms with Crippen molar-refractivity contribution in [3.05, 3.63) is 29.8 Å². The first kappa shape index (κ1) is 16.9. The quantitative estimate of drug-likeness (QED) is 0.498. The van der Waals surface area contributed by atoms with Crippen molar-refractivity contribution in [1.82, 2.24) is 9.80 Å². The van der Waals surface area contributed by atoms with Gasteiger partial charge >= 0.3 is 0 Å². The summed E-state index contributed by atoms with van der Waals surface area (Å²) in [5.74, 6) is 2.12. The maximum atomic E-state index is 7.76. The number of amidine groups is 2. The van der Waals surface area contributed by atoms with Crippen molar-refractivity contribution in [2.45, 2.75) is 10.6 Å². The van der Waals surface area contributed by atoms with E-state index in [2.05, 4.69) is 24.3 Å². The van der Waals surface area contributed by atoms with E-state index < -0.39 is 0 Å². The molecule has 0 aromatic heterocycles. The van der Waals surface area contributed by atoms with Gasteiger partial charge in [-0.05, 0) is 17.7 Å². The molecule has 0 unspecified atom stereocenters. The van der Waals surface area contributed by atoms with Gasteiger partial charge in [0.25, 0.3) is 0 Å². The van der Waals surface area contributed by atoms with Crippen molar-refractivity contribution in [2.75, 3.05) is 33.9 Å². The lowest BCUT2D eigenvalue weighted by molar-refractivity contribution is 0.615. The maximum Gasteiger partial charge on any atom is 0.156 e. The van der Waals surface area contributed by atoms with E-state index in [0.29, 0.717) is 16.8 Å². The highest BCUT2D eigenvalue weighted by molar-refractivity contribution is 8.13. The molecule has 4 nitrogen and oxygen atoms in total. The Hall–Kier alpha value is -1.14. The minimum Gasteiger partial charge on any atom is -0.366 e. The van der Waals surface area contributed by atoms with E-state index in [1.165, 1.54) is 22.2 Å². The molecule has 0 atom stereocenters. The average Bonchev–Trinajstić information content (AvgIpc) is 2.42. The van der Waals surface area contributed by atoms with Crippen molar-refractivity contribution in [2.24, 2.45) is 0 Å². The monoisotopic (exact) mass is 310 g/mol. The van der Waals surface area contributed by atoms with Crippen LogP contribution < -0.4 is 0 Å². The van der Waals surface area contributed by atoms with Gasteiger partial charge in [-0.25, -0.2) is 0 Å². The summed E-state index contributed by atoms with van der Waals surface area (Å²) in [6.07, 6.45) is 0. The zero-order valence-corrected chi connectivity index (χ0v) is 14.1. The number of nitrogens with one attached hydrogen (secondary N) is 2. The molecule has 1 rings (SSSR count). The standard InChI is InChI=1S/C14H22N4S2/c1-17(2)13(15)10-19-12-7-5-11(6-8-12)9-20-14(16)18(3)4/h5-8,15-16H,9-10H2,1-4H3. The van der Waals surface area contributed by atoms with Gasteiger partial charge in [-0.15, -0.1) is 11.8 Å². The summed E-state index contributed by atoms with van der Waals surface area (Å²) >= 11 is 3.20. The summed E-state index contributed by atoms with van der Waals surface area (Å²) in [5.41, 5.74) is 1.22. The fourth-order valence-electron chi connectivity index (χ4n) is 1.24. The van der Waals surface area contributed by atoms with Crippen LogP contribution >= 0.6 is 23.5 Å². The molecule has 0 saturated carbocycles. The summed E-state index contributed by atoms with van der Waals surface area (Å²) in [6.45, 7) is 0. The molecule has 1 aromatic rings. The SMILES string of the molecule is CN(C)C(=N)CSc1ccc(CSC(=N)N(C)C)cc1. The van der Waals surface area contributed by atoms with Crippen LogP contribution in [0.5, 0.6) is 0 Å². The first-order valence-electron chi connectivity index (χ1n) is 6.25. The second-order valence-electron chi connectivity index (χ2n) is 4.76. The van der Waals surface area contributed by atoms with Crippen LogP contribution in [0.15, 0.2) is 29.2 Å². The Morgan fingerprint density at radius 3 is 2.10 bits per heavy atom. The Kier molecular flexibility index (Phi) is 6.95. The number of nitrogens with zero attached hydrogens (tertiary/aromatic N) is 2. The minimum atomic E-state index is 0.572. The lowest BCUT2D eigenvalue weighted by Crippen LogP contribution is -2.22. The molecular formula is C14H22N4S2. The molecule has 0 spiro atoms. The van der Waals surface area contributed by atoms with Crippen LogP contribution in [-0.2, 0) is 5.75 Å². The van der Waals surface area contributed by atoms with E-state index in [0.717, 1.165) is 5.75 Å². The van der Waals surface area contributed by atoms with E-state index in [-0.39, 0.29) is 0 Å². The Morgan fingerprint density at radius 2 is 1.60 bits per heavy atom. The van der Waals surface area contributed by atoms with Gasteiger partial charge in [0, 0.05) is 38.8 Å². The Morgan fingerprint density at radius 1 is 1.00 bits per heavy atom. The molecule has 1 aromatic carbocycles.